The molecule has 2 aliphatic heterocycles. The second-order valence-corrected chi connectivity index (χ2v) is 7.57. The number of rotatable bonds is 4. The molecule has 0 fully saturated rings. The fourth-order valence-corrected chi connectivity index (χ4v) is 4.79. The topological polar surface area (TPSA) is 46.7 Å². The van der Waals surface area contributed by atoms with Gasteiger partial charge in [-0.25, -0.2) is 0 Å². The molecule has 2 aliphatic rings. The van der Waals surface area contributed by atoms with Gasteiger partial charge < -0.3 is 19.2 Å². The second kappa shape index (κ2) is 6.74. The van der Waals surface area contributed by atoms with Crippen LogP contribution in [-0.4, -0.2) is 37.3 Å². The fourth-order valence-electron chi connectivity index (χ4n) is 4.79. The fraction of sp³-hybridized carbons (Fsp3) is 0.391. The standard InChI is InChI=1S/C23H26N2O3/c1-4-28-23-9-14-7-8-25-13-20-18(11-21(25)16(14)12-22(23)27-3)17-10-15(26-2)5-6-19(17)24-20/h5-6,9-10,12,21,24H,4,7-8,11,13H2,1-3H3. The van der Waals surface area contributed by atoms with Crippen molar-refractivity contribution in [3.05, 3.63) is 52.7 Å². The molecule has 0 saturated carbocycles. The third-order valence-electron chi connectivity index (χ3n) is 6.15. The molecule has 1 N–H and O–H groups in total. The highest BCUT2D eigenvalue weighted by Gasteiger charge is 2.34. The molecular formula is C23H26N2O3. The van der Waals surface area contributed by atoms with Gasteiger partial charge in [0.05, 0.1) is 20.8 Å². The van der Waals surface area contributed by atoms with Crippen LogP contribution < -0.4 is 14.2 Å². The van der Waals surface area contributed by atoms with Crippen molar-refractivity contribution in [2.24, 2.45) is 0 Å². The third kappa shape index (κ3) is 2.65. The first-order valence-electron chi connectivity index (χ1n) is 9.97. The average molecular weight is 378 g/mol. The Kier molecular flexibility index (Phi) is 4.20. The van der Waals surface area contributed by atoms with E-state index in [0.29, 0.717) is 12.6 Å². The van der Waals surface area contributed by atoms with Crippen LogP contribution >= 0.6 is 0 Å². The van der Waals surface area contributed by atoms with E-state index in [2.05, 4.69) is 34.1 Å². The maximum absolute atomic E-state index is 5.80. The molecule has 5 nitrogen and oxygen atoms in total. The lowest BCUT2D eigenvalue weighted by molar-refractivity contribution is 0.159. The summed E-state index contributed by atoms with van der Waals surface area (Å²) in [7, 11) is 3.44. The van der Waals surface area contributed by atoms with Gasteiger partial charge in [0.2, 0.25) is 0 Å². The van der Waals surface area contributed by atoms with E-state index < -0.39 is 0 Å². The summed E-state index contributed by atoms with van der Waals surface area (Å²) in [5, 5.41) is 1.28. The summed E-state index contributed by atoms with van der Waals surface area (Å²) in [6, 6.07) is 11.0. The molecule has 1 atom stereocenters. The first-order chi connectivity index (χ1) is 13.7. The van der Waals surface area contributed by atoms with Crippen LogP contribution in [0.4, 0.5) is 0 Å². The van der Waals surface area contributed by atoms with E-state index in [9.17, 15) is 0 Å². The Bertz CT molecular complexity index is 1040. The Balaban J connectivity index is 1.58. The lowest BCUT2D eigenvalue weighted by atomic mass is 9.85. The molecule has 0 radical (unpaired) electrons. The number of aromatic amines is 1. The van der Waals surface area contributed by atoms with Gasteiger partial charge in [0.1, 0.15) is 5.75 Å². The van der Waals surface area contributed by atoms with Gasteiger partial charge in [0.15, 0.2) is 11.5 Å². The van der Waals surface area contributed by atoms with E-state index >= 15 is 0 Å². The molecule has 0 aliphatic carbocycles. The molecule has 0 saturated heterocycles. The maximum Gasteiger partial charge on any atom is 0.161 e. The van der Waals surface area contributed by atoms with Crippen molar-refractivity contribution in [3.63, 3.8) is 0 Å². The summed E-state index contributed by atoms with van der Waals surface area (Å²) >= 11 is 0. The summed E-state index contributed by atoms with van der Waals surface area (Å²) < 4.78 is 16.9. The van der Waals surface area contributed by atoms with Crippen molar-refractivity contribution in [2.75, 3.05) is 27.4 Å². The number of H-pyrrole nitrogens is 1. The highest BCUT2D eigenvalue weighted by Crippen LogP contribution is 2.44. The van der Waals surface area contributed by atoms with Crippen LogP contribution in [0.3, 0.4) is 0 Å². The summed E-state index contributed by atoms with van der Waals surface area (Å²) in [6.07, 6.45) is 2.03. The van der Waals surface area contributed by atoms with Crippen molar-refractivity contribution in [3.8, 4) is 17.2 Å². The molecule has 5 heteroatoms. The van der Waals surface area contributed by atoms with Crippen LogP contribution in [0.25, 0.3) is 10.9 Å². The van der Waals surface area contributed by atoms with Crippen LogP contribution in [0.15, 0.2) is 30.3 Å². The SMILES string of the molecule is CCOc1cc2c(cc1OC)C1Cc3c([nH]c4ccc(OC)cc34)CN1CC2. The lowest BCUT2D eigenvalue weighted by Gasteiger charge is -2.40. The second-order valence-electron chi connectivity index (χ2n) is 7.57. The molecule has 2 aromatic carbocycles. The minimum absolute atomic E-state index is 0.367. The summed E-state index contributed by atoms with van der Waals surface area (Å²) in [6.45, 7) is 4.67. The number of benzene rings is 2. The van der Waals surface area contributed by atoms with Crippen LogP contribution in [0.2, 0.25) is 0 Å². The molecule has 3 aromatic rings. The Hall–Kier alpha value is -2.66. The Morgan fingerprint density at radius 3 is 2.79 bits per heavy atom. The summed E-state index contributed by atoms with van der Waals surface area (Å²) in [5.74, 6) is 2.59. The predicted octanol–water partition coefficient (Wildman–Crippen LogP) is 4.24. The summed E-state index contributed by atoms with van der Waals surface area (Å²) in [4.78, 5) is 6.21. The number of nitrogens with one attached hydrogen (secondary N) is 1. The van der Waals surface area contributed by atoms with Crippen LogP contribution in [0.5, 0.6) is 17.2 Å². The van der Waals surface area contributed by atoms with Gasteiger partial charge in [-0.3, -0.25) is 4.90 Å². The van der Waals surface area contributed by atoms with E-state index in [1.807, 2.05) is 13.0 Å². The number of aromatic nitrogens is 1. The van der Waals surface area contributed by atoms with E-state index in [0.717, 1.165) is 43.2 Å². The third-order valence-corrected chi connectivity index (χ3v) is 6.15. The number of methoxy groups -OCH3 is 2. The highest BCUT2D eigenvalue weighted by molar-refractivity contribution is 5.86. The van der Waals surface area contributed by atoms with Crippen LogP contribution in [-0.2, 0) is 19.4 Å². The first kappa shape index (κ1) is 17.4. The monoisotopic (exact) mass is 378 g/mol. The quantitative estimate of drug-likeness (QED) is 0.738. The first-order valence-corrected chi connectivity index (χ1v) is 9.97. The largest absolute Gasteiger partial charge is 0.497 e. The molecule has 146 valence electrons. The van der Waals surface area contributed by atoms with Crippen LogP contribution in [0, 0.1) is 0 Å². The molecule has 5 rings (SSSR count). The zero-order valence-electron chi connectivity index (χ0n) is 16.7. The Morgan fingerprint density at radius 1 is 1.11 bits per heavy atom. The normalized spacial score (nSPS) is 18.3. The molecule has 1 aromatic heterocycles. The van der Waals surface area contributed by atoms with E-state index in [1.54, 1.807) is 14.2 Å². The molecule has 3 heterocycles. The van der Waals surface area contributed by atoms with Gasteiger partial charge in [0, 0.05) is 35.7 Å². The van der Waals surface area contributed by atoms with Crippen molar-refractivity contribution in [1.29, 1.82) is 0 Å². The average Bonchev–Trinajstić information content (AvgIpc) is 3.08. The molecule has 0 amide bonds. The Labute approximate surface area is 165 Å². The maximum atomic E-state index is 5.80. The summed E-state index contributed by atoms with van der Waals surface area (Å²) in [5.41, 5.74) is 6.69. The van der Waals surface area contributed by atoms with Crippen molar-refractivity contribution in [2.45, 2.75) is 32.4 Å². The minimum Gasteiger partial charge on any atom is -0.497 e. The van der Waals surface area contributed by atoms with Gasteiger partial charge >= 0.3 is 0 Å². The van der Waals surface area contributed by atoms with Crippen molar-refractivity contribution in [1.82, 2.24) is 9.88 Å². The zero-order chi connectivity index (χ0) is 19.3. The number of ether oxygens (including phenoxy) is 3. The number of hydrogen-bond donors (Lipinski definition) is 1. The van der Waals surface area contributed by atoms with E-state index in [-0.39, 0.29) is 0 Å². The minimum atomic E-state index is 0.367. The van der Waals surface area contributed by atoms with Crippen molar-refractivity contribution >= 4 is 10.9 Å². The Morgan fingerprint density at radius 2 is 2.00 bits per heavy atom. The van der Waals surface area contributed by atoms with Crippen LogP contribution in [0.1, 0.15) is 35.3 Å². The molecule has 0 bridgehead atoms. The zero-order valence-corrected chi connectivity index (χ0v) is 16.7. The van der Waals surface area contributed by atoms with Crippen molar-refractivity contribution < 1.29 is 14.2 Å². The van der Waals surface area contributed by atoms with Gasteiger partial charge in [-0.2, -0.15) is 0 Å². The predicted molar refractivity (Wildman–Crippen MR) is 110 cm³/mol. The van der Waals surface area contributed by atoms with Gasteiger partial charge in [0.25, 0.3) is 0 Å². The number of hydrogen-bond acceptors (Lipinski definition) is 4. The molecule has 28 heavy (non-hydrogen) atoms. The van der Waals surface area contributed by atoms with E-state index in [4.69, 9.17) is 14.2 Å². The molecule has 1 unspecified atom stereocenters. The van der Waals surface area contributed by atoms with Gasteiger partial charge in [-0.15, -0.1) is 0 Å². The number of fused-ring (bicyclic) bond motifs is 6. The highest BCUT2D eigenvalue weighted by atomic mass is 16.5. The van der Waals surface area contributed by atoms with Gasteiger partial charge in [-0.05, 0) is 66.8 Å². The smallest absolute Gasteiger partial charge is 0.161 e. The number of nitrogens with zero attached hydrogens (tertiary/aromatic N) is 1. The molecular weight excluding hydrogens is 352 g/mol. The van der Waals surface area contributed by atoms with E-state index in [1.165, 1.54) is 33.3 Å². The molecule has 0 spiro atoms. The lowest BCUT2D eigenvalue weighted by Crippen LogP contribution is -2.39. The van der Waals surface area contributed by atoms with Gasteiger partial charge in [-0.1, -0.05) is 0 Å².